The van der Waals surface area contributed by atoms with Crippen LogP contribution < -0.4 is 14.4 Å². The fourth-order valence-electron chi connectivity index (χ4n) is 2.88. The number of nitrogens with zero attached hydrogens (tertiary/aromatic N) is 1. The quantitative estimate of drug-likeness (QED) is 0.563. The average molecular weight is 469 g/mol. The van der Waals surface area contributed by atoms with Crippen molar-refractivity contribution in [2.75, 3.05) is 29.1 Å². The van der Waals surface area contributed by atoms with Gasteiger partial charge >= 0.3 is 5.97 Å². The summed E-state index contributed by atoms with van der Waals surface area (Å²) in [5.74, 6) is -0.551. The molecule has 2 aromatic rings. The highest BCUT2D eigenvalue weighted by molar-refractivity contribution is 7.92. The van der Waals surface area contributed by atoms with Crippen LogP contribution in [0, 0.1) is 0 Å². The number of sulfonamides is 1. The van der Waals surface area contributed by atoms with Gasteiger partial charge in [-0.1, -0.05) is 11.6 Å². The van der Waals surface area contributed by atoms with Gasteiger partial charge in [-0.25, -0.2) is 13.2 Å². The molecule has 31 heavy (non-hydrogen) atoms. The summed E-state index contributed by atoms with van der Waals surface area (Å²) in [7, 11) is -3.77. The average Bonchev–Trinajstić information content (AvgIpc) is 2.68. The van der Waals surface area contributed by atoms with Crippen molar-refractivity contribution in [2.24, 2.45) is 0 Å². The molecule has 0 aliphatic carbocycles. The maximum absolute atomic E-state index is 12.8. The maximum atomic E-state index is 12.8. The molecule has 0 spiro atoms. The predicted molar refractivity (Wildman–Crippen MR) is 120 cm³/mol. The van der Waals surface area contributed by atoms with Crippen molar-refractivity contribution in [3.63, 3.8) is 0 Å². The normalized spacial score (nSPS) is 12.0. The summed E-state index contributed by atoms with van der Waals surface area (Å²) in [6.45, 7) is 5.68. The summed E-state index contributed by atoms with van der Waals surface area (Å²) in [6, 6.07) is 9.68. The van der Waals surface area contributed by atoms with Crippen LogP contribution in [0.2, 0.25) is 5.02 Å². The second-order valence-electron chi connectivity index (χ2n) is 6.57. The van der Waals surface area contributed by atoms with E-state index in [1.807, 2.05) is 6.92 Å². The van der Waals surface area contributed by atoms with Crippen molar-refractivity contribution >= 4 is 44.9 Å². The van der Waals surface area contributed by atoms with E-state index in [4.69, 9.17) is 21.1 Å². The van der Waals surface area contributed by atoms with Crippen molar-refractivity contribution < 1.29 is 27.5 Å². The fourth-order valence-corrected chi connectivity index (χ4v) is 4.31. The van der Waals surface area contributed by atoms with Gasteiger partial charge in [-0.2, -0.15) is 0 Å². The van der Waals surface area contributed by atoms with E-state index >= 15 is 0 Å². The SMILES string of the molecule is CCOC(=O)c1ccc(NC(=O)[C@H](C)N(c2ccc(OCC)cc2)S(C)(=O)=O)cc1Cl. The molecular weight excluding hydrogens is 444 g/mol. The summed E-state index contributed by atoms with van der Waals surface area (Å²) < 4.78 is 36.1. The number of rotatable bonds is 9. The minimum Gasteiger partial charge on any atom is -0.494 e. The van der Waals surface area contributed by atoms with E-state index in [1.165, 1.54) is 25.1 Å². The molecule has 0 unspecified atom stereocenters. The number of amides is 1. The van der Waals surface area contributed by atoms with Gasteiger partial charge in [0, 0.05) is 5.69 Å². The van der Waals surface area contributed by atoms with Crippen LogP contribution in [0.4, 0.5) is 11.4 Å². The molecule has 0 aromatic heterocycles. The van der Waals surface area contributed by atoms with Crippen molar-refractivity contribution in [3.05, 3.63) is 53.1 Å². The van der Waals surface area contributed by atoms with Crippen LogP contribution >= 0.6 is 11.6 Å². The molecule has 0 aliphatic heterocycles. The number of anilines is 2. The fraction of sp³-hybridized carbons (Fsp3) is 0.333. The Hall–Kier alpha value is -2.78. The Morgan fingerprint density at radius 3 is 2.26 bits per heavy atom. The van der Waals surface area contributed by atoms with Crippen LogP contribution in [-0.4, -0.2) is 45.8 Å². The number of nitrogens with one attached hydrogen (secondary N) is 1. The molecule has 10 heteroatoms. The third kappa shape index (κ3) is 6.35. The Balaban J connectivity index is 2.24. The van der Waals surface area contributed by atoms with E-state index in [0.717, 1.165) is 10.6 Å². The van der Waals surface area contributed by atoms with E-state index in [9.17, 15) is 18.0 Å². The van der Waals surface area contributed by atoms with Crippen molar-refractivity contribution in [3.8, 4) is 5.75 Å². The van der Waals surface area contributed by atoms with Gasteiger partial charge in [-0.05, 0) is 63.2 Å². The number of hydrogen-bond donors (Lipinski definition) is 1. The molecule has 8 nitrogen and oxygen atoms in total. The second-order valence-corrected chi connectivity index (χ2v) is 8.83. The summed E-state index contributed by atoms with van der Waals surface area (Å²) in [5, 5.41) is 2.74. The Bertz CT molecular complexity index is 1040. The minimum absolute atomic E-state index is 0.107. The molecule has 0 fully saturated rings. The van der Waals surface area contributed by atoms with E-state index in [2.05, 4.69) is 5.32 Å². The molecule has 2 rings (SSSR count). The van der Waals surface area contributed by atoms with Gasteiger partial charge in [-0.3, -0.25) is 9.10 Å². The first-order valence-electron chi connectivity index (χ1n) is 9.58. The minimum atomic E-state index is -3.77. The lowest BCUT2D eigenvalue weighted by atomic mass is 10.2. The number of hydrogen-bond acceptors (Lipinski definition) is 6. The van der Waals surface area contributed by atoms with Gasteiger partial charge in [0.05, 0.1) is 35.7 Å². The molecule has 1 amide bonds. The van der Waals surface area contributed by atoms with E-state index in [-0.39, 0.29) is 17.2 Å². The van der Waals surface area contributed by atoms with E-state index in [0.29, 0.717) is 23.7 Å². The zero-order valence-electron chi connectivity index (χ0n) is 17.7. The zero-order chi connectivity index (χ0) is 23.2. The molecule has 168 valence electrons. The Kier molecular flexibility index (Phi) is 8.29. The molecule has 1 N–H and O–H groups in total. The van der Waals surface area contributed by atoms with Crippen LogP contribution in [0.1, 0.15) is 31.1 Å². The van der Waals surface area contributed by atoms with Crippen LogP contribution in [0.5, 0.6) is 5.75 Å². The Morgan fingerprint density at radius 1 is 1.10 bits per heavy atom. The summed E-state index contributed by atoms with van der Waals surface area (Å²) >= 11 is 6.12. The molecule has 0 aliphatic rings. The molecule has 0 radical (unpaired) electrons. The van der Waals surface area contributed by atoms with Crippen LogP contribution in [0.25, 0.3) is 0 Å². The highest BCUT2D eigenvalue weighted by atomic mass is 35.5. The third-order valence-electron chi connectivity index (χ3n) is 4.22. The largest absolute Gasteiger partial charge is 0.494 e. The molecular formula is C21H25ClN2O6S. The van der Waals surface area contributed by atoms with Crippen LogP contribution in [-0.2, 0) is 19.6 Å². The monoisotopic (exact) mass is 468 g/mol. The lowest BCUT2D eigenvalue weighted by Crippen LogP contribution is -2.45. The van der Waals surface area contributed by atoms with Gasteiger partial charge in [0.15, 0.2) is 0 Å². The van der Waals surface area contributed by atoms with Gasteiger partial charge in [0.2, 0.25) is 15.9 Å². The van der Waals surface area contributed by atoms with Gasteiger partial charge in [0.1, 0.15) is 11.8 Å². The highest BCUT2D eigenvalue weighted by Gasteiger charge is 2.29. The van der Waals surface area contributed by atoms with E-state index in [1.54, 1.807) is 31.2 Å². The molecule has 0 heterocycles. The number of carbonyl (C=O) groups is 2. The molecule has 1 atom stereocenters. The highest BCUT2D eigenvalue weighted by Crippen LogP contribution is 2.26. The maximum Gasteiger partial charge on any atom is 0.339 e. The first-order valence-corrected chi connectivity index (χ1v) is 11.8. The Labute approximate surface area is 187 Å². The summed E-state index contributed by atoms with van der Waals surface area (Å²) in [5.41, 5.74) is 0.807. The zero-order valence-corrected chi connectivity index (χ0v) is 19.3. The summed E-state index contributed by atoms with van der Waals surface area (Å²) in [6.07, 6.45) is 1.03. The second kappa shape index (κ2) is 10.5. The standard InChI is InChI=1S/C21H25ClN2O6S/c1-5-29-17-10-8-16(9-11-17)24(31(4,27)28)14(3)20(25)23-15-7-12-18(19(22)13-15)21(26)30-6-2/h7-14H,5-6H2,1-4H3,(H,23,25)/t14-/m0/s1. The number of carbonyl (C=O) groups excluding carboxylic acids is 2. The Morgan fingerprint density at radius 2 is 1.74 bits per heavy atom. The topological polar surface area (TPSA) is 102 Å². The third-order valence-corrected chi connectivity index (χ3v) is 5.78. The van der Waals surface area contributed by atoms with E-state index < -0.39 is 27.9 Å². The number of benzene rings is 2. The molecule has 0 saturated heterocycles. The van der Waals surface area contributed by atoms with Gasteiger partial charge in [-0.15, -0.1) is 0 Å². The van der Waals surface area contributed by atoms with Crippen molar-refractivity contribution in [1.82, 2.24) is 0 Å². The number of ether oxygens (including phenoxy) is 2. The van der Waals surface area contributed by atoms with Crippen molar-refractivity contribution in [2.45, 2.75) is 26.8 Å². The number of esters is 1. The first-order chi connectivity index (χ1) is 14.6. The number of halogens is 1. The summed E-state index contributed by atoms with van der Waals surface area (Å²) in [4.78, 5) is 24.7. The van der Waals surface area contributed by atoms with Gasteiger partial charge < -0.3 is 14.8 Å². The van der Waals surface area contributed by atoms with Crippen molar-refractivity contribution in [1.29, 1.82) is 0 Å². The van der Waals surface area contributed by atoms with Crippen LogP contribution in [0.15, 0.2) is 42.5 Å². The van der Waals surface area contributed by atoms with Crippen LogP contribution in [0.3, 0.4) is 0 Å². The smallest absolute Gasteiger partial charge is 0.339 e. The lowest BCUT2D eigenvalue weighted by Gasteiger charge is -2.28. The molecule has 2 aromatic carbocycles. The molecule has 0 bridgehead atoms. The first kappa shape index (κ1) is 24.5. The lowest BCUT2D eigenvalue weighted by molar-refractivity contribution is -0.116. The molecule has 0 saturated carbocycles. The predicted octanol–water partition coefficient (Wildman–Crippen LogP) is 3.71. The van der Waals surface area contributed by atoms with Gasteiger partial charge in [0.25, 0.3) is 0 Å².